The third kappa shape index (κ3) is 4.69. The second-order valence-electron chi connectivity index (χ2n) is 7.07. The maximum atomic E-state index is 13.6. The molecule has 1 N–H and O–H groups in total. The van der Waals surface area contributed by atoms with E-state index in [1.165, 1.54) is 12.1 Å². The van der Waals surface area contributed by atoms with E-state index in [0.717, 1.165) is 5.56 Å². The van der Waals surface area contributed by atoms with Gasteiger partial charge in [0.1, 0.15) is 11.4 Å². The Kier molecular flexibility index (Phi) is 5.47. The van der Waals surface area contributed by atoms with Crippen LogP contribution in [-0.2, 0) is 9.53 Å². The standard InChI is InChI=1S/C18H25FN2O3/c1-5-16(22)21-10-14(12-7-6-8-13(19)9-12)15(11-21)20-17(23)24-18(2,3)4/h6-9,14-15H,5,10-11H2,1-4H3,(H,20,23)/t14-,15+/m1/s1. The molecular weight excluding hydrogens is 311 g/mol. The summed E-state index contributed by atoms with van der Waals surface area (Å²) >= 11 is 0. The molecular formula is C18H25FN2O3. The number of benzene rings is 1. The van der Waals surface area contributed by atoms with Crippen molar-refractivity contribution in [3.8, 4) is 0 Å². The van der Waals surface area contributed by atoms with Gasteiger partial charge >= 0.3 is 6.09 Å². The quantitative estimate of drug-likeness (QED) is 0.923. The zero-order valence-electron chi connectivity index (χ0n) is 14.6. The molecule has 6 heteroatoms. The Balaban J connectivity index is 2.18. The van der Waals surface area contributed by atoms with Crippen molar-refractivity contribution in [3.05, 3.63) is 35.6 Å². The molecule has 1 aromatic rings. The van der Waals surface area contributed by atoms with Gasteiger partial charge in [-0.25, -0.2) is 9.18 Å². The summed E-state index contributed by atoms with van der Waals surface area (Å²) in [4.78, 5) is 25.8. The Morgan fingerprint density at radius 2 is 2.04 bits per heavy atom. The van der Waals surface area contributed by atoms with Gasteiger partial charge in [0.2, 0.25) is 5.91 Å². The molecule has 0 saturated carbocycles. The molecule has 0 unspecified atom stereocenters. The first kappa shape index (κ1) is 18.2. The van der Waals surface area contributed by atoms with Crippen molar-refractivity contribution in [2.45, 2.75) is 51.7 Å². The second kappa shape index (κ2) is 7.20. The van der Waals surface area contributed by atoms with Crippen LogP contribution in [0.4, 0.5) is 9.18 Å². The highest BCUT2D eigenvalue weighted by Gasteiger charge is 2.37. The van der Waals surface area contributed by atoms with E-state index in [1.807, 2.05) is 6.07 Å². The predicted octanol–water partition coefficient (Wildman–Crippen LogP) is 3.05. The Labute approximate surface area is 142 Å². The van der Waals surface area contributed by atoms with E-state index in [1.54, 1.807) is 38.7 Å². The summed E-state index contributed by atoms with van der Waals surface area (Å²) in [6, 6.07) is 5.98. The molecule has 0 radical (unpaired) electrons. The Morgan fingerprint density at radius 3 is 2.62 bits per heavy atom. The van der Waals surface area contributed by atoms with Gasteiger partial charge in [0, 0.05) is 25.4 Å². The van der Waals surface area contributed by atoms with Crippen LogP contribution in [0.25, 0.3) is 0 Å². The van der Waals surface area contributed by atoms with Crippen LogP contribution in [-0.4, -0.2) is 41.6 Å². The number of ether oxygens (including phenoxy) is 1. The summed E-state index contributed by atoms with van der Waals surface area (Å²) in [6.07, 6.45) is -0.130. The van der Waals surface area contributed by atoms with Crippen LogP contribution in [0.3, 0.4) is 0 Å². The fourth-order valence-electron chi connectivity index (χ4n) is 2.91. The van der Waals surface area contributed by atoms with E-state index in [-0.39, 0.29) is 23.7 Å². The fraction of sp³-hybridized carbons (Fsp3) is 0.556. The van der Waals surface area contributed by atoms with Crippen LogP contribution >= 0.6 is 0 Å². The van der Waals surface area contributed by atoms with Gasteiger partial charge in [-0.15, -0.1) is 0 Å². The number of likely N-dealkylation sites (tertiary alicyclic amines) is 1. The number of carbonyl (C=O) groups is 2. The Bertz CT molecular complexity index is 613. The van der Waals surface area contributed by atoms with Crippen LogP contribution in [0, 0.1) is 5.82 Å². The van der Waals surface area contributed by atoms with Crippen LogP contribution in [0.1, 0.15) is 45.6 Å². The normalized spacial score (nSPS) is 20.8. The van der Waals surface area contributed by atoms with Gasteiger partial charge in [-0.2, -0.15) is 0 Å². The molecule has 1 aliphatic heterocycles. The summed E-state index contributed by atoms with van der Waals surface area (Å²) in [7, 11) is 0. The van der Waals surface area contributed by atoms with Gasteiger partial charge in [0.15, 0.2) is 0 Å². The SMILES string of the molecule is CCC(=O)N1C[C@H](NC(=O)OC(C)(C)C)[C@@H](c2cccc(F)c2)C1. The van der Waals surface area contributed by atoms with E-state index in [9.17, 15) is 14.0 Å². The number of rotatable bonds is 3. The molecule has 1 aliphatic rings. The third-order valence-electron chi connectivity index (χ3n) is 3.95. The summed E-state index contributed by atoms with van der Waals surface area (Å²) in [5.41, 5.74) is 0.165. The summed E-state index contributed by atoms with van der Waals surface area (Å²) in [5, 5.41) is 2.83. The van der Waals surface area contributed by atoms with E-state index in [4.69, 9.17) is 4.74 Å². The zero-order chi connectivity index (χ0) is 17.9. The van der Waals surface area contributed by atoms with Gasteiger partial charge in [-0.3, -0.25) is 4.79 Å². The van der Waals surface area contributed by atoms with Crippen LogP contribution in [0.2, 0.25) is 0 Å². The minimum absolute atomic E-state index is 0.0184. The minimum atomic E-state index is -0.601. The number of halogens is 1. The second-order valence-corrected chi connectivity index (χ2v) is 7.07. The lowest BCUT2D eigenvalue weighted by Gasteiger charge is -2.24. The van der Waals surface area contributed by atoms with Crippen LogP contribution < -0.4 is 5.32 Å². The predicted molar refractivity (Wildman–Crippen MR) is 89.2 cm³/mol. The molecule has 0 spiro atoms. The van der Waals surface area contributed by atoms with Crippen LogP contribution in [0.5, 0.6) is 0 Å². The van der Waals surface area contributed by atoms with Gasteiger partial charge in [0.25, 0.3) is 0 Å². The zero-order valence-corrected chi connectivity index (χ0v) is 14.6. The van der Waals surface area contributed by atoms with Crippen molar-refractivity contribution in [3.63, 3.8) is 0 Å². The number of hydrogen-bond donors (Lipinski definition) is 1. The van der Waals surface area contributed by atoms with E-state index < -0.39 is 11.7 Å². The summed E-state index contributed by atoms with van der Waals surface area (Å²) < 4.78 is 18.9. The van der Waals surface area contributed by atoms with E-state index in [2.05, 4.69) is 5.32 Å². The molecule has 2 atom stereocenters. The smallest absolute Gasteiger partial charge is 0.407 e. The average molecular weight is 336 g/mol. The van der Waals surface area contributed by atoms with Crippen molar-refractivity contribution < 1.29 is 18.7 Å². The molecule has 1 fully saturated rings. The van der Waals surface area contributed by atoms with E-state index >= 15 is 0 Å². The first-order valence-electron chi connectivity index (χ1n) is 8.22. The number of hydrogen-bond acceptors (Lipinski definition) is 3. The summed E-state index contributed by atoms with van der Waals surface area (Å²) in [5.74, 6) is -0.475. The molecule has 2 rings (SSSR count). The fourth-order valence-corrected chi connectivity index (χ4v) is 2.91. The maximum absolute atomic E-state index is 13.6. The molecule has 1 aromatic carbocycles. The molecule has 0 aliphatic carbocycles. The molecule has 0 aromatic heterocycles. The lowest BCUT2D eigenvalue weighted by molar-refractivity contribution is -0.129. The summed E-state index contributed by atoms with van der Waals surface area (Å²) in [6.45, 7) is 8.02. The molecule has 1 saturated heterocycles. The highest BCUT2D eigenvalue weighted by atomic mass is 19.1. The Hall–Kier alpha value is -2.11. The van der Waals surface area contributed by atoms with Crippen molar-refractivity contribution in [1.82, 2.24) is 10.2 Å². The van der Waals surface area contributed by atoms with Gasteiger partial charge in [-0.1, -0.05) is 19.1 Å². The highest BCUT2D eigenvalue weighted by Crippen LogP contribution is 2.29. The lowest BCUT2D eigenvalue weighted by atomic mass is 9.94. The van der Waals surface area contributed by atoms with Gasteiger partial charge < -0.3 is 15.0 Å². The van der Waals surface area contributed by atoms with Crippen molar-refractivity contribution >= 4 is 12.0 Å². The number of nitrogens with one attached hydrogen (secondary N) is 1. The molecule has 1 heterocycles. The maximum Gasteiger partial charge on any atom is 0.407 e. The molecule has 0 bridgehead atoms. The average Bonchev–Trinajstić information content (AvgIpc) is 2.88. The number of alkyl carbamates (subject to hydrolysis) is 1. The van der Waals surface area contributed by atoms with Gasteiger partial charge in [-0.05, 0) is 38.5 Å². The highest BCUT2D eigenvalue weighted by molar-refractivity contribution is 5.77. The third-order valence-corrected chi connectivity index (χ3v) is 3.95. The first-order valence-corrected chi connectivity index (χ1v) is 8.22. The first-order chi connectivity index (χ1) is 11.2. The minimum Gasteiger partial charge on any atom is -0.444 e. The molecule has 132 valence electrons. The molecule has 2 amide bonds. The van der Waals surface area contributed by atoms with Gasteiger partial charge in [0.05, 0.1) is 6.04 Å². The topological polar surface area (TPSA) is 58.6 Å². The van der Waals surface area contributed by atoms with Crippen molar-refractivity contribution in [2.75, 3.05) is 13.1 Å². The van der Waals surface area contributed by atoms with Crippen molar-refractivity contribution in [1.29, 1.82) is 0 Å². The number of amides is 2. The largest absolute Gasteiger partial charge is 0.444 e. The lowest BCUT2D eigenvalue weighted by Crippen LogP contribution is -2.43. The Morgan fingerprint density at radius 1 is 1.33 bits per heavy atom. The molecule has 24 heavy (non-hydrogen) atoms. The molecule has 5 nitrogen and oxygen atoms in total. The number of nitrogens with zero attached hydrogens (tertiary/aromatic N) is 1. The van der Waals surface area contributed by atoms with Crippen LogP contribution in [0.15, 0.2) is 24.3 Å². The monoisotopic (exact) mass is 336 g/mol. The van der Waals surface area contributed by atoms with Crippen molar-refractivity contribution in [2.24, 2.45) is 0 Å². The van der Waals surface area contributed by atoms with E-state index in [0.29, 0.717) is 19.5 Å². The number of carbonyl (C=O) groups excluding carboxylic acids is 2.